The molecule has 2 aromatic rings. The average Bonchev–Trinajstić information content (AvgIpc) is 2.64. The molecule has 0 bridgehead atoms. The molecule has 1 atom stereocenters. The molecule has 0 radical (unpaired) electrons. The monoisotopic (exact) mass is 352 g/mol. The van der Waals surface area contributed by atoms with Crippen LogP contribution >= 0.6 is 0 Å². The van der Waals surface area contributed by atoms with Crippen LogP contribution in [0.15, 0.2) is 42.6 Å². The molecule has 3 rings (SSSR count). The molecule has 1 fully saturated rings. The number of carbonyl (C=O) groups excluding carboxylic acids is 2. The molecule has 0 spiro atoms. The zero-order valence-corrected chi connectivity index (χ0v) is 14.9. The van der Waals surface area contributed by atoms with Gasteiger partial charge in [0.25, 0.3) is 0 Å². The molecule has 2 amide bonds. The lowest BCUT2D eigenvalue weighted by molar-refractivity contribution is -0.121. The van der Waals surface area contributed by atoms with Crippen LogP contribution in [0.5, 0.6) is 0 Å². The third-order valence-electron chi connectivity index (χ3n) is 4.77. The van der Waals surface area contributed by atoms with Crippen LogP contribution in [0.3, 0.4) is 0 Å². The minimum atomic E-state index is -0.420. The number of piperidine rings is 1. The first-order valence-electron chi connectivity index (χ1n) is 8.86. The molecule has 3 N–H and O–H groups in total. The van der Waals surface area contributed by atoms with Gasteiger partial charge in [0.05, 0.1) is 5.92 Å². The number of nitrogens with two attached hydrogens (primary N) is 1. The Labute approximate surface area is 153 Å². The molecule has 6 nitrogen and oxygen atoms in total. The van der Waals surface area contributed by atoms with E-state index in [1.165, 1.54) is 0 Å². The lowest BCUT2D eigenvalue weighted by Crippen LogP contribution is -2.40. The molecule has 1 aromatic carbocycles. The van der Waals surface area contributed by atoms with Gasteiger partial charge in [-0.25, -0.2) is 4.98 Å². The lowest BCUT2D eigenvalue weighted by atomic mass is 9.96. The first-order valence-corrected chi connectivity index (χ1v) is 8.86. The van der Waals surface area contributed by atoms with Crippen molar-refractivity contribution < 1.29 is 9.59 Å². The smallest absolute Gasteiger partial charge is 0.248 e. The van der Waals surface area contributed by atoms with Crippen molar-refractivity contribution in [3.63, 3.8) is 0 Å². The van der Waals surface area contributed by atoms with Gasteiger partial charge in [-0.3, -0.25) is 14.5 Å². The van der Waals surface area contributed by atoms with E-state index in [-0.39, 0.29) is 11.8 Å². The molecule has 6 heteroatoms. The number of hydrogen-bond donors (Lipinski definition) is 2. The summed E-state index contributed by atoms with van der Waals surface area (Å²) < 4.78 is 0. The van der Waals surface area contributed by atoms with Crippen LogP contribution in [-0.2, 0) is 11.3 Å². The highest BCUT2D eigenvalue weighted by atomic mass is 16.2. The molecule has 26 heavy (non-hydrogen) atoms. The van der Waals surface area contributed by atoms with Crippen LogP contribution in [0.25, 0.3) is 0 Å². The van der Waals surface area contributed by atoms with Crippen molar-refractivity contribution in [2.75, 3.05) is 18.4 Å². The molecule has 1 aliphatic heterocycles. The standard InChI is InChI=1S/C20H24N4O2/c1-14-4-2-10-22-19(14)23-20(26)17-5-3-11-24(13-17)12-15-6-8-16(9-7-15)18(21)25/h2,4,6-10,17H,3,5,11-13H2,1H3,(H2,21,25)(H,22,23,26). The molecular weight excluding hydrogens is 328 g/mol. The number of likely N-dealkylation sites (tertiary alicyclic amines) is 1. The topological polar surface area (TPSA) is 88.3 Å². The van der Waals surface area contributed by atoms with Gasteiger partial charge < -0.3 is 11.1 Å². The molecule has 2 heterocycles. The average molecular weight is 352 g/mol. The Morgan fingerprint density at radius 1 is 1.27 bits per heavy atom. The van der Waals surface area contributed by atoms with E-state index in [9.17, 15) is 9.59 Å². The van der Waals surface area contributed by atoms with Crippen molar-refractivity contribution in [1.29, 1.82) is 0 Å². The number of nitrogens with one attached hydrogen (secondary N) is 1. The Morgan fingerprint density at radius 2 is 2.04 bits per heavy atom. The van der Waals surface area contributed by atoms with Crippen LogP contribution in [-0.4, -0.2) is 34.8 Å². The van der Waals surface area contributed by atoms with Gasteiger partial charge in [0, 0.05) is 24.8 Å². The summed E-state index contributed by atoms with van der Waals surface area (Å²) in [6, 6.07) is 11.1. The summed E-state index contributed by atoms with van der Waals surface area (Å²) in [4.78, 5) is 30.3. The van der Waals surface area contributed by atoms with Crippen molar-refractivity contribution in [2.24, 2.45) is 11.7 Å². The molecule has 1 aliphatic rings. The number of aromatic nitrogens is 1. The van der Waals surface area contributed by atoms with E-state index >= 15 is 0 Å². The highest BCUT2D eigenvalue weighted by Crippen LogP contribution is 2.21. The summed E-state index contributed by atoms with van der Waals surface area (Å²) in [7, 11) is 0. The van der Waals surface area contributed by atoms with Gasteiger partial charge in [0.1, 0.15) is 5.82 Å². The number of hydrogen-bond acceptors (Lipinski definition) is 4. The summed E-state index contributed by atoms with van der Waals surface area (Å²) in [5.41, 5.74) is 7.85. The van der Waals surface area contributed by atoms with Crippen molar-refractivity contribution in [3.8, 4) is 0 Å². The van der Waals surface area contributed by atoms with E-state index in [0.717, 1.165) is 43.6 Å². The van der Waals surface area contributed by atoms with Gasteiger partial charge in [0.15, 0.2) is 0 Å². The maximum absolute atomic E-state index is 12.6. The van der Waals surface area contributed by atoms with Gasteiger partial charge in [-0.2, -0.15) is 0 Å². The zero-order chi connectivity index (χ0) is 18.5. The number of primary amides is 1. The maximum Gasteiger partial charge on any atom is 0.248 e. The number of anilines is 1. The van der Waals surface area contributed by atoms with Crippen LogP contribution in [0.2, 0.25) is 0 Å². The van der Waals surface area contributed by atoms with Crippen LogP contribution in [0, 0.1) is 12.8 Å². The molecule has 1 aromatic heterocycles. The lowest BCUT2D eigenvalue weighted by Gasteiger charge is -2.32. The van der Waals surface area contributed by atoms with Gasteiger partial charge in [-0.05, 0) is 55.6 Å². The van der Waals surface area contributed by atoms with Crippen molar-refractivity contribution >= 4 is 17.6 Å². The second kappa shape index (κ2) is 8.10. The third-order valence-corrected chi connectivity index (χ3v) is 4.77. The van der Waals surface area contributed by atoms with Gasteiger partial charge in [0.2, 0.25) is 11.8 Å². The Kier molecular flexibility index (Phi) is 5.63. The maximum atomic E-state index is 12.6. The van der Waals surface area contributed by atoms with Crippen LogP contribution in [0.1, 0.15) is 34.3 Å². The number of amides is 2. The van der Waals surface area contributed by atoms with E-state index in [2.05, 4.69) is 15.2 Å². The van der Waals surface area contributed by atoms with E-state index in [0.29, 0.717) is 11.4 Å². The van der Waals surface area contributed by atoms with Crippen molar-refractivity contribution in [1.82, 2.24) is 9.88 Å². The molecule has 1 unspecified atom stereocenters. The Morgan fingerprint density at radius 3 is 2.73 bits per heavy atom. The largest absolute Gasteiger partial charge is 0.366 e. The third kappa shape index (κ3) is 4.46. The first-order chi connectivity index (χ1) is 12.5. The minimum Gasteiger partial charge on any atom is -0.366 e. The highest BCUT2D eigenvalue weighted by Gasteiger charge is 2.26. The number of nitrogens with zero attached hydrogens (tertiary/aromatic N) is 2. The van der Waals surface area contributed by atoms with Crippen molar-refractivity contribution in [3.05, 3.63) is 59.3 Å². The van der Waals surface area contributed by atoms with E-state index in [4.69, 9.17) is 5.73 Å². The van der Waals surface area contributed by atoms with Crippen LogP contribution in [0.4, 0.5) is 5.82 Å². The van der Waals surface area contributed by atoms with E-state index in [1.807, 2.05) is 31.2 Å². The number of aryl methyl sites for hydroxylation is 1. The first kappa shape index (κ1) is 18.1. The predicted molar refractivity (Wildman–Crippen MR) is 101 cm³/mol. The fourth-order valence-electron chi connectivity index (χ4n) is 3.28. The van der Waals surface area contributed by atoms with Gasteiger partial charge in [-0.15, -0.1) is 0 Å². The number of benzene rings is 1. The van der Waals surface area contributed by atoms with E-state index < -0.39 is 5.91 Å². The fourth-order valence-corrected chi connectivity index (χ4v) is 3.28. The summed E-state index contributed by atoms with van der Waals surface area (Å²) in [6.45, 7) is 4.37. The number of pyridine rings is 1. The Bertz CT molecular complexity index is 789. The normalized spacial score (nSPS) is 17.7. The summed E-state index contributed by atoms with van der Waals surface area (Å²) >= 11 is 0. The molecule has 0 aliphatic carbocycles. The zero-order valence-electron chi connectivity index (χ0n) is 14.9. The Balaban J connectivity index is 1.59. The molecular formula is C20H24N4O2. The fraction of sp³-hybridized carbons (Fsp3) is 0.350. The summed E-state index contributed by atoms with van der Waals surface area (Å²) in [5, 5.41) is 2.96. The van der Waals surface area contributed by atoms with Crippen LogP contribution < -0.4 is 11.1 Å². The SMILES string of the molecule is Cc1cccnc1NC(=O)C1CCCN(Cc2ccc(C(N)=O)cc2)C1. The molecule has 0 saturated carbocycles. The molecule has 1 saturated heterocycles. The summed E-state index contributed by atoms with van der Waals surface area (Å²) in [6.07, 6.45) is 3.55. The second-order valence-electron chi connectivity index (χ2n) is 6.79. The summed E-state index contributed by atoms with van der Waals surface area (Å²) in [5.74, 6) is 0.198. The molecule has 136 valence electrons. The van der Waals surface area contributed by atoms with Gasteiger partial charge >= 0.3 is 0 Å². The predicted octanol–water partition coefficient (Wildman–Crippen LogP) is 2.34. The quantitative estimate of drug-likeness (QED) is 0.864. The number of rotatable bonds is 5. The van der Waals surface area contributed by atoms with Crippen molar-refractivity contribution in [2.45, 2.75) is 26.3 Å². The van der Waals surface area contributed by atoms with E-state index in [1.54, 1.807) is 18.3 Å². The van der Waals surface area contributed by atoms with Gasteiger partial charge in [-0.1, -0.05) is 18.2 Å². The number of carbonyl (C=O) groups is 2. The minimum absolute atomic E-state index is 0.0283. The second-order valence-corrected chi connectivity index (χ2v) is 6.79. The Hall–Kier alpha value is -2.73. The highest BCUT2D eigenvalue weighted by molar-refractivity contribution is 5.93.